The standard InChI is InChI=1S/C26H50O7Si/c1-11-20(3)24(27)18-22(30-8)17-23(33-34(9,10)26(4,5)6)16-21(32-19-29-7)14-13-15-25(28)31-12-2/h11,13,15,20-24,27H,1,12,14,16-19H2,2-10H3/b15-13+/t20-,21-,22-,23-,24+/m0/s1. The second kappa shape index (κ2) is 16.6. The van der Waals surface area contributed by atoms with Crippen LogP contribution in [0.25, 0.3) is 0 Å². The van der Waals surface area contributed by atoms with Crippen molar-refractivity contribution in [3.8, 4) is 0 Å². The van der Waals surface area contributed by atoms with Gasteiger partial charge in [-0.1, -0.05) is 39.8 Å². The molecule has 0 saturated heterocycles. The normalized spacial score (nSPS) is 17.2. The number of aliphatic hydroxyl groups excluding tert-OH is 1. The monoisotopic (exact) mass is 502 g/mol. The molecule has 0 heterocycles. The third-order valence-electron chi connectivity index (χ3n) is 6.50. The van der Waals surface area contributed by atoms with E-state index in [2.05, 4.69) is 40.4 Å². The molecule has 0 saturated carbocycles. The molecule has 0 spiro atoms. The fourth-order valence-corrected chi connectivity index (χ4v) is 4.58. The molecule has 5 atom stereocenters. The summed E-state index contributed by atoms with van der Waals surface area (Å²) in [5.41, 5.74) is 0. The van der Waals surface area contributed by atoms with E-state index in [0.29, 0.717) is 32.3 Å². The molecule has 0 aromatic carbocycles. The molecule has 0 aliphatic heterocycles. The Morgan fingerprint density at radius 1 is 1.09 bits per heavy atom. The van der Waals surface area contributed by atoms with Gasteiger partial charge in [0.15, 0.2) is 8.32 Å². The maximum atomic E-state index is 11.7. The smallest absolute Gasteiger partial charge is 0.330 e. The SMILES string of the molecule is C=C[C@H](C)[C@H](O)C[C@H](C[C@H](C[C@H](C/C=C/C(=O)OCC)OCOC)O[Si](C)(C)C(C)(C)C)OC. The zero-order valence-corrected chi connectivity index (χ0v) is 24.0. The molecule has 0 radical (unpaired) electrons. The number of aliphatic hydroxyl groups is 1. The summed E-state index contributed by atoms with van der Waals surface area (Å²) < 4.78 is 28.6. The van der Waals surface area contributed by atoms with Crippen LogP contribution in [0, 0.1) is 5.92 Å². The number of methoxy groups -OCH3 is 2. The van der Waals surface area contributed by atoms with Crippen LogP contribution in [-0.4, -0.2) is 71.4 Å². The first-order valence-corrected chi connectivity index (χ1v) is 15.2. The maximum Gasteiger partial charge on any atom is 0.330 e. The van der Waals surface area contributed by atoms with E-state index in [4.69, 9.17) is 23.4 Å². The average molecular weight is 503 g/mol. The molecule has 0 aliphatic rings. The molecule has 0 unspecified atom stereocenters. The first kappa shape index (κ1) is 33.0. The lowest BCUT2D eigenvalue weighted by molar-refractivity contribution is -0.137. The Balaban J connectivity index is 5.63. The third-order valence-corrected chi connectivity index (χ3v) is 11.0. The van der Waals surface area contributed by atoms with Crippen molar-refractivity contribution in [3.05, 3.63) is 24.8 Å². The van der Waals surface area contributed by atoms with Gasteiger partial charge >= 0.3 is 5.97 Å². The van der Waals surface area contributed by atoms with Crippen molar-refractivity contribution in [2.24, 2.45) is 5.92 Å². The highest BCUT2D eigenvalue weighted by Gasteiger charge is 2.40. The van der Waals surface area contributed by atoms with Gasteiger partial charge in [0.05, 0.1) is 24.9 Å². The molecule has 0 fully saturated rings. The molecule has 34 heavy (non-hydrogen) atoms. The van der Waals surface area contributed by atoms with Gasteiger partial charge in [0.25, 0.3) is 0 Å². The highest BCUT2D eigenvalue weighted by Crippen LogP contribution is 2.38. The summed E-state index contributed by atoms with van der Waals surface area (Å²) in [4.78, 5) is 11.7. The number of esters is 1. The summed E-state index contributed by atoms with van der Waals surface area (Å²) in [6.07, 6.45) is 6.13. The summed E-state index contributed by atoms with van der Waals surface area (Å²) in [7, 11) is 1.16. The highest BCUT2D eigenvalue weighted by atomic mass is 28.4. The van der Waals surface area contributed by atoms with E-state index in [1.807, 2.05) is 6.92 Å². The zero-order valence-electron chi connectivity index (χ0n) is 23.0. The molecule has 0 bridgehead atoms. The predicted octanol–water partition coefficient (Wildman–Crippen LogP) is 5.24. The number of carbonyl (C=O) groups is 1. The molecule has 0 aliphatic carbocycles. The number of carbonyl (C=O) groups excluding carboxylic acids is 1. The highest BCUT2D eigenvalue weighted by molar-refractivity contribution is 6.74. The second-order valence-electron chi connectivity index (χ2n) is 10.3. The molecule has 0 aromatic rings. The van der Waals surface area contributed by atoms with Crippen LogP contribution in [0.15, 0.2) is 24.8 Å². The lowest BCUT2D eigenvalue weighted by Crippen LogP contribution is -2.46. The average Bonchev–Trinajstić information content (AvgIpc) is 2.75. The third kappa shape index (κ3) is 13.2. The van der Waals surface area contributed by atoms with E-state index < -0.39 is 14.4 Å². The Morgan fingerprint density at radius 2 is 1.71 bits per heavy atom. The van der Waals surface area contributed by atoms with Crippen LogP contribution in [0.5, 0.6) is 0 Å². The molecule has 0 amide bonds. The number of hydrogen-bond acceptors (Lipinski definition) is 7. The van der Waals surface area contributed by atoms with Crippen LogP contribution in [0.3, 0.4) is 0 Å². The van der Waals surface area contributed by atoms with Gasteiger partial charge in [-0.15, -0.1) is 6.58 Å². The first-order chi connectivity index (χ1) is 15.8. The molecule has 7 nitrogen and oxygen atoms in total. The van der Waals surface area contributed by atoms with E-state index in [1.54, 1.807) is 33.3 Å². The van der Waals surface area contributed by atoms with Crippen molar-refractivity contribution >= 4 is 14.3 Å². The van der Waals surface area contributed by atoms with E-state index in [1.165, 1.54) is 6.08 Å². The number of hydrogen-bond donors (Lipinski definition) is 1. The van der Waals surface area contributed by atoms with Gasteiger partial charge in [-0.2, -0.15) is 0 Å². The van der Waals surface area contributed by atoms with Crippen LogP contribution >= 0.6 is 0 Å². The van der Waals surface area contributed by atoms with Gasteiger partial charge in [0.1, 0.15) is 6.79 Å². The van der Waals surface area contributed by atoms with E-state index in [0.717, 1.165) is 0 Å². The van der Waals surface area contributed by atoms with Crippen LogP contribution in [0.1, 0.15) is 60.3 Å². The van der Waals surface area contributed by atoms with E-state index in [-0.39, 0.29) is 42.0 Å². The van der Waals surface area contributed by atoms with Gasteiger partial charge in [0, 0.05) is 32.8 Å². The van der Waals surface area contributed by atoms with Crippen molar-refractivity contribution in [2.75, 3.05) is 27.6 Å². The van der Waals surface area contributed by atoms with Crippen molar-refractivity contribution in [2.45, 2.75) is 103 Å². The van der Waals surface area contributed by atoms with Crippen molar-refractivity contribution in [3.63, 3.8) is 0 Å². The van der Waals surface area contributed by atoms with Crippen LogP contribution < -0.4 is 0 Å². The number of ether oxygens (including phenoxy) is 4. The lowest BCUT2D eigenvalue weighted by Gasteiger charge is -2.41. The minimum Gasteiger partial charge on any atom is -0.463 e. The van der Waals surface area contributed by atoms with Gasteiger partial charge in [0.2, 0.25) is 0 Å². The lowest BCUT2D eigenvalue weighted by atomic mass is 9.95. The fraction of sp³-hybridized carbons (Fsp3) is 0.808. The number of rotatable bonds is 18. The Kier molecular flexibility index (Phi) is 16.1. The minimum atomic E-state index is -2.09. The van der Waals surface area contributed by atoms with Crippen LogP contribution in [-0.2, 0) is 28.2 Å². The molecular formula is C26H50O7Si. The maximum absolute atomic E-state index is 11.7. The summed E-state index contributed by atoms with van der Waals surface area (Å²) in [5, 5.41) is 10.6. The Labute approximate surface area is 209 Å². The molecule has 0 rings (SSSR count). The van der Waals surface area contributed by atoms with Gasteiger partial charge in [-0.05, 0) is 50.2 Å². The topological polar surface area (TPSA) is 83.5 Å². The molecular weight excluding hydrogens is 452 g/mol. The van der Waals surface area contributed by atoms with Crippen LogP contribution in [0.2, 0.25) is 18.1 Å². The fourth-order valence-electron chi connectivity index (χ4n) is 3.21. The zero-order chi connectivity index (χ0) is 26.4. The molecule has 0 aromatic heterocycles. The molecule has 1 N–H and O–H groups in total. The van der Waals surface area contributed by atoms with E-state index in [9.17, 15) is 9.90 Å². The quantitative estimate of drug-likeness (QED) is 0.0901. The first-order valence-electron chi connectivity index (χ1n) is 12.3. The largest absolute Gasteiger partial charge is 0.463 e. The van der Waals surface area contributed by atoms with Crippen molar-refractivity contribution in [1.82, 2.24) is 0 Å². The van der Waals surface area contributed by atoms with Gasteiger partial charge in [-0.25, -0.2) is 4.79 Å². The summed E-state index contributed by atoms with van der Waals surface area (Å²) in [6.45, 7) is 19.1. The van der Waals surface area contributed by atoms with Gasteiger partial charge in [-0.3, -0.25) is 0 Å². The summed E-state index contributed by atoms with van der Waals surface area (Å²) in [6, 6.07) is 0. The predicted molar refractivity (Wildman–Crippen MR) is 139 cm³/mol. The summed E-state index contributed by atoms with van der Waals surface area (Å²) in [5.74, 6) is -0.393. The minimum absolute atomic E-state index is 0.0248. The Hall–Kier alpha value is -1.03. The van der Waals surface area contributed by atoms with Crippen molar-refractivity contribution < 1.29 is 33.3 Å². The summed E-state index contributed by atoms with van der Waals surface area (Å²) >= 11 is 0. The van der Waals surface area contributed by atoms with E-state index >= 15 is 0 Å². The van der Waals surface area contributed by atoms with Gasteiger partial charge < -0.3 is 28.5 Å². The second-order valence-corrected chi connectivity index (χ2v) is 15.1. The van der Waals surface area contributed by atoms with Crippen molar-refractivity contribution in [1.29, 1.82) is 0 Å². The van der Waals surface area contributed by atoms with Crippen LogP contribution in [0.4, 0.5) is 0 Å². The molecule has 200 valence electrons. The Bertz CT molecular complexity index is 600. The molecule has 8 heteroatoms. The Morgan fingerprint density at radius 3 is 2.21 bits per heavy atom.